The highest BCUT2D eigenvalue weighted by atomic mass is 19.3. The quantitative estimate of drug-likeness (QED) is 0.635. The van der Waals surface area contributed by atoms with Crippen molar-refractivity contribution in [2.24, 2.45) is 0 Å². The van der Waals surface area contributed by atoms with Crippen LogP contribution in [0, 0.1) is 0 Å². The van der Waals surface area contributed by atoms with Crippen LogP contribution in [0.5, 0.6) is 0 Å². The molecule has 0 aromatic carbocycles. The van der Waals surface area contributed by atoms with Crippen LogP contribution in [-0.2, 0) is 0 Å². The first-order chi connectivity index (χ1) is 5.49. The van der Waals surface area contributed by atoms with Gasteiger partial charge in [0, 0.05) is 18.9 Å². The highest BCUT2D eigenvalue weighted by Gasteiger charge is 2.35. The van der Waals surface area contributed by atoms with E-state index in [9.17, 15) is 18.7 Å². The molecule has 12 heavy (non-hydrogen) atoms. The maximum atomic E-state index is 12.7. The molecule has 0 radical (unpaired) electrons. The van der Waals surface area contributed by atoms with Crippen molar-refractivity contribution in [2.45, 2.75) is 37.6 Å². The number of alkyl halides is 2. The molecule has 0 bridgehead atoms. The van der Waals surface area contributed by atoms with Gasteiger partial charge in [0.05, 0.1) is 0 Å². The fraction of sp³-hybridized carbons (Fsp3) is 0.857. The van der Waals surface area contributed by atoms with E-state index < -0.39 is 24.5 Å². The minimum absolute atomic E-state index is 0.141. The second-order valence-corrected chi connectivity index (χ2v) is 3.08. The molecule has 1 fully saturated rings. The lowest BCUT2D eigenvalue weighted by Gasteiger charge is -2.30. The molecular formula is C7H10F2NO2-. The Morgan fingerprint density at radius 3 is 2.75 bits per heavy atom. The molecule has 0 aliphatic heterocycles. The number of carboxylic acid groups (broad SMARTS) is 1. The van der Waals surface area contributed by atoms with E-state index in [1.165, 1.54) is 0 Å². The summed E-state index contributed by atoms with van der Waals surface area (Å²) in [5.74, 6) is -2.72. The van der Waals surface area contributed by atoms with Crippen LogP contribution in [0.25, 0.3) is 0 Å². The van der Waals surface area contributed by atoms with E-state index >= 15 is 0 Å². The van der Waals surface area contributed by atoms with E-state index in [1.807, 2.05) is 5.32 Å². The van der Waals surface area contributed by atoms with Gasteiger partial charge in [0.2, 0.25) is 5.92 Å². The third-order valence-corrected chi connectivity index (χ3v) is 1.96. The zero-order chi connectivity index (χ0) is 9.19. The number of carbonyl (C=O) groups excluding carboxylic acids is 1. The van der Waals surface area contributed by atoms with Crippen molar-refractivity contribution in [1.29, 1.82) is 0 Å². The van der Waals surface area contributed by atoms with Crippen LogP contribution in [0.4, 0.5) is 13.6 Å². The summed E-state index contributed by atoms with van der Waals surface area (Å²) in [6.45, 7) is 0. The Morgan fingerprint density at radius 2 is 2.25 bits per heavy atom. The monoisotopic (exact) mass is 178 g/mol. The average Bonchev–Trinajstić information content (AvgIpc) is 1.82. The standard InChI is InChI=1S/C7H11F2NO2/c8-7(9)3-1-2-5(4-7)10-6(11)12/h5,10H,1-4H2,(H,11,12)/p-1. The van der Waals surface area contributed by atoms with Gasteiger partial charge in [-0.05, 0) is 12.8 Å². The molecular weight excluding hydrogens is 168 g/mol. The van der Waals surface area contributed by atoms with Crippen molar-refractivity contribution in [3.8, 4) is 0 Å². The summed E-state index contributed by atoms with van der Waals surface area (Å²) in [6, 6.07) is -0.640. The molecule has 1 amide bonds. The highest BCUT2D eigenvalue weighted by molar-refractivity contribution is 5.62. The number of rotatable bonds is 1. The van der Waals surface area contributed by atoms with Crippen LogP contribution >= 0.6 is 0 Å². The summed E-state index contributed by atoms with van der Waals surface area (Å²) < 4.78 is 25.3. The first-order valence-electron chi connectivity index (χ1n) is 3.85. The Bertz CT molecular complexity index is 184. The maximum Gasteiger partial charge on any atom is 0.250 e. The third kappa shape index (κ3) is 2.64. The van der Waals surface area contributed by atoms with Gasteiger partial charge in [-0.3, -0.25) is 0 Å². The molecule has 1 atom stereocenters. The predicted octanol–water partition coefficient (Wildman–Crippen LogP) is 0.497. The fourth-order valence-corrected chi connectivity index (χ4v) is 1.46. The van der Waals surface area contributed by atoms with Crippen molar-refractivity contribution >= 4 is 6.09 Å². The molecule has 0 aromatic rings. The summed E-state index contributed by atoms with van der Waals surface area (Å²) in [5, 5.41) is 12.0. The Hall–Kier alpha value is -0.870. The third-order valence-electron chi connectivity index (χ3n) is 1.96. The Labute approximate surface area is 68.8 Å². The van der Waals surface area contributed by atoms with Crippen molar-refractivity contribution in [3.63, 3.8) is 0 Å². The second-order valence-electron chi connectivity index (χ2n) is 3.08. The number of amides is 1. The van der Waals surface area contributed by atoms with E-state index in [4.69, 9.17) is 0 Å². The molecule has 3 nitrogen and oxygen atoms in total. The van der Waals surface area contributed by atoms with Crippen LogP contribution < -0.4 is 10.4 Å². The Balaban J connectivity index is 2.41. The molecule has 1 aliphatic carbocycles. The number of hydrogen-bond donors (Lipinski definition) is 1. The van der Waals surface area contributed by atoms with E-state index in [1.54, 1.807) is 0 Å². The van der Waals surface area contributed by atoms with Crippen molar-refractivity contribution in [3.05, 3.63) is 0 Å². The molecule has 1 aliphatic rings. The topological polar surface area (TPSA) is 52.2 Å². The fourth-order valence-electron chi connectivity index (χ4n) is 1.46. The zero-order valence-electron chi connectivity index (χ0n) is 6.48. The Kier molecular flexibility index (Phi) is 2.49. The van der Waals surface area contributed by atoms with Crippen molar-refractivity contribution in [1.82, 2.24) is 5.32 Å². The van der Waals surface area contributed by atoms with Gasteiger partial charge in [-0.15, -0.1) is 0 Å². The minimum Gasteiger partial charge on any atom is -0.530 e. The molecule has 0 saturated heterocycles. The van der Waals surface area contributed by atoms with Crippen LogP contribution in [-0.4, -0.2) is 18.1 Å². The van der Waals surface area contributed by atoms with Crippen LogP contribution in [0.2, 0.25) is 0 Å². The first kappa shape index (κ1) is 9.22. The first-order valence-corrected chi connectivity index (χ1v) is 3.85. The van der Waals surface area contributed by atoms with Gasteiger partial charge in [0.1, 0.15) is 6.09 Å². The van der Waals surface area contributed by atoms with Crippen LogP contribution in [0.15, 0.2) is 0 Å². The molecule has 5 heteroatoms. The summed E-state index contributed by atoms with van der Waals surface area (Å²) in [6.07, 6.45) is -1.18. The zero-order valence-corrected chi connectivity index (χ0v) is 6.48. The number of halogens is 2. The molecule has 1 rings (SSSR count). The predicted molar refractivity (Wildman–Crippen MR) is 35.7 cm³/mol. The largest absolute Gasteiger partial charge is 0.530 e. The van der Waals surface area contributed by atoms with E-state index in [-0.39, 0.29) is 6.42 Å². The lowest BCUT2D eigenvalue weighted by molar-refractivity contribution is -0.252. The van der Waals surface area contributed by atoms with Gasteiger partial charge in [0.15, 0.2) is 0 Å². The summed E-state index contributed by atoms with van der Waals surface area (Å²) in [7, 11) is 0. The molecule has 1 unspecified atom stereocenters. The molecule has 0 spiro atoms. The van der Waals surface area contributed by atoms with Crippen LogP contribution in [0.3, 0.4) is 0 Å². The van der Waals surface area contributed by atoms with Gasteiger partial charge in [-0.1, -0.05) is 0 Å². The highest BCUT2D eigenvalue weighted by Crippen LogP contribution is 2.32. The Morgan fingerprint density at radius 1 is 1.58 bits per heavy atom. The normalized spacial score (nSPS) is 28.0. The molecule has 70 valence electrons. The number of nitrogens with one attached hydrogen (secondary N) is 1. The summed E-state index contributed by atoms with van der Waals surface area (Å²) in [5.41, 5.74) is 0. The van der Waals surface area contributed by atoms with Crippen LogP contribution in [0.1, 0.15) is 25.7 Å². The smallest absolute Gasteiger partial charge is 0.250 e. The van der Waals surface area contributed by atoms with Gasteiger partial charge >= 0.3 is 0 Å². The second kappa shape index (κ2) is 3.25. The van der Waals surface area contributed by atoms with E-state index in [0.29, 0.717) is 12.8 Å². The summed E-state index contributed by atoms with van der Waals surface area (Å²) >= 11 is 0. The van der Waals surface area contributed by atoms with Crippen molar-refractivity contribution < 1.29 is 18.7 Å². The van der Waals surface area contributed by atoms with Gasteiger partial charge in [-0.25, -0.2) is 8.78 Å². The minimum atomic E-state index is -2.72. The lowest BCUT2D eigenvalue weighted by Crippen LogP contribution is -2.47. The van der Waals surface area contributed by atoms with Gasteiger partial charge < -0.3 is 15.2 Å². The molecule has 0 aromatic heterocycles. The van der Waals surface area contributed by atoms with E-state index in [2.05, 4.69) is 0 Å². The average molecular weight is 178 g/mol. The molecule has 1 saturated carbocycles. The molecule has 0 heterocycles. The SMILES string of the molecule is O=C([O-])NC1CCCC(F)(F)C1. The maximum absolute atomic E-state index is 12.7. The van der Waals surface area contributed by atoms with Gasteiger partial charge in [-0.2, -0.15) is 0 Å². The van der Waals surface area contributed by atoms with Gasteiger partial charge in [0.25, 0.3) is 0 Å². The summed E-state index contributed by atoms with van der Waals surface area (Å²) in [4.78, 5) is 10.0. The van der Waals surface area contributed by atoms with E-state index in [0.717, 1.165) is 0 Å². The lowest BCUT2D eigenvalue weighted by atomic mass is 9.92. The molecule has 1 N–H and O–H groups in total. The van der Waals surface area contributed by atoms with Crippen molar-refractivity contribution in [2.75, 3.05) is 0 Å². The number of hydrogen-bond acceptors (Lipinski definition) is 2. The number of carbonyl (C=O) groups is 1.